The van der Waals surface area contributed by atoms with Gasteiger partial charge in [0.25, 0.3) is 11.6 Å². The van der Waals surface area contributed by atoms with Crippen LogP contribution in [0.3, 0.4) is 0 Å². The highest BCUT2D eigenvalue weighted by atomic mass is 32.2. The third-order valence-corrected chi connectivity index (χ3v) is 5.52. The number of amides is 1. The van der Waals surface area contributed by atoms with Crippen LogP contribution in [-0.4, -0.2) is 44.3 Å². The Bertz CT molecular complexity index is 943. The van der Waals surface area contributed by atoms with Crippen LogP contribution in [0.1, 0.15) is 5.56 Å². The molecule has 0 aliphatic rings. The smallest absolute Gasteiger partial charge is 0.273 e. The lowest BCUT2D eigenvalue weighted by atomic mass is 10.2. The minimum absolute atomic E-state index is 0.000371. The van der Waals surface area contributed by atoms with Crippen molar-refractivity contribution >= 4 is 21.6 Å². The lowest BCUT2D eigenvalue weighted by molar-refractivity contribution is -0.384. The summed E-state index contributed by atoms with van der Waals surface area (Å²) < 4.78 is 31.0. The van der Waals surface area contributed by atoms with Gasteiger partial charge < -0.3 is 10.1 Å². The molecule has 9 nitrogen and oxygen atoms in total. The molecule has 0 aromatic heterocycles. The van der Waals surface area contributed by atoms with Crippen LogP contribution >= 0.6 is 0 Å². The first-order valence-corrected chi connectivity index (χ1v) is 9.30. The molecule has 10 heteroatoms. The molecule has 27 heavy (non-hydrogen) atoms. The first-order valence-electron chi connectivity index (χ1n) is 7.86. The van der Waals surface area contributed by atoms with Crippen molar-refractivity contribution in [3.8, 4) is 5.75 Å². The summed E-state index contributed by atoms with van der Waals surface area (Å²) in [5.41, 5.74) is 0.297. The number of non-ortho nitro benzene ring substituents is 1. The number of hydrogen-bond acceptors (Lipinski definition) is 6. The zero-order valence-electron chi connectivity index (χ0n) is 14.8. The number of carbonyl (C=O) groups excluding carboxylic acids is 1. The van der Waals surface area contributed by atoms with E-state index in [2.05, 4.69) is 5.32 Å². The van der Waals surface area contributed by atoms with E-state index in [1.165, 1.54) is 44.4 Å². The molecule has 1 N–H and O–H groups in total. The van der Waals surface area contributed by atoms with Crippen LogP contribution in [0, 0.1) is 10.1 Å². The molecule has 0 saturated heterocycles. The average Bonchev–Trinajstić information content (AvgIpc) is 2.65. The van der Waals surface area contributed by atoms with Gasteiger partial charge in [0, 0.05) is 26.7 Å². The fourth-order valence-corrected chi connectivity index (χ4v) is 3.29. The third kappa shape index (κ3) is 5.25. The van der Waals surface area contributed by atoms with Gasteiger partial charge in [0.05, 0.1) is 15.9 Å². The van der Waals surface area contributed by atoms with Gasteiger partial charge in [-0.25, -0.2) is 12.7 Å². The Kier molecular flexibility index (Phi) is 6.48. The molecule has 144 valence electrons. The molecule has 0 radical (unpaired) electrons. The van der Waals surface area contributed by atoms with E-state index in [-0.39, 0.29) is 29.5 Å². The van der Waals surface area contributed by atoms with Crippen LogP contribution in [0.5, 0.6) is 5.75 Å². The highest BCUT2D eigenvalue weighted by Crippen LogP contribution is 2.19. The molecule has 0 fully saturated rings. The lowest BCUT2D eigenvalue weighted by Gasteiger charge is -2.15. The zero-order chi connectivity index (χ0) is 20.0. The summed E-state index contributed by atoms with van der Waals surface area (Å²) in [6.45, 7) is -0.357. The Morgan fingerprint density at radius 1 is 1.19 bits per heavy atom. The molecule has 0 unspecified atom stereocenters. The van der Waals surface area contributed by atoms with E-state index in [0.717, 1.165) is 4.31 Å². The SMILES string of the molecule is CN(C)S(=O)(=O)c1ccccc1CNC(=O)COc1cccc([N+](=O)[O-])c1. The van der Waals surface area contributed by atoms with Crippen molar-refractivity contribution in [2.24, 2.45) is 0 Å². The first-order chi connectivity index (χ1) is 12.7. The molecular weight excluding hydrogens is 374 g/mol. The Balaban J connectivity index is 1.99. The van der Waals surface area contributed by atoms with Crippen LogP contribution in [-0.2, 0) is 21.4 Å². The van der Waals surface area contributed by atoms with E-state index in [4.69, 9.17) is 4.74 Å². The van der Waals surface area contributed by atoms with Crippen molar-refractivity contribution < 1.29 is 22.9 Å². The van der Waals surface area contributed by atoms with E-state index in [0.29, 0.717) is 5.56 Å². The average molecular weight is 393 g/mol. The van der Waals surface area contributed by atoms with Crippen molar-refractivity contribution in [3.05, 3.63) is 64.2 Å². The Labute approximate surface area is 156 Å². The van der Waals surface area contributed by atoms with E-state index in [1.807, 2.05) is 0 Å². The van der Waals surface area contributed by atoms with Crippen molar-refractivity contribution in [1.29, 1.82) is 0 Å². The molecule has 0 bridgehead atoms. The second kappa shape index (κ2) is 8.60. The van der Waals surface area contributed by atoms with E-state index in [1.54, 1.807) is 18.2 Å². The summed E-state index contributed by atoms with van der Waals surface area (Å²) in [6, 6.07) is 11.8. The Hall–Kier alpha value is -2.98. The number of rotatable bonds is 8. The number of ether oxygens (including phenoxy) is 1. The number of sulfonamides is 1. The fraction of sp³-hybridized carbons (Fsp3) is 0.235. The largest absolute Gasteiger partial charge is 0.484 e. The van der Waals surface area contributed by atoms with E-state index >= 15 is 0 Å². The highest BCUT2D eigenvalue weighted by molar-refractivity contribution is 7.89. The normalized spacial score (nSPS) is 11.2. The van der Waals surface area contributed by atoms with Crippen molar-refractivity contribution in [2.45, 2.75) is 11.4 Å². The summed E-state index contributed by atoms with van der Waals surface area (Å²) in [5, 5.41) is 13.3. The third-order valence-electron chi connectivity index (χ3n) is 3.61. The number of carbonyl (C=O) groups is 1. The van der Waals surface area contributed by atoms with Gasteiger partial charge >= 0.3 is 0 Å². The van der Waals surface area contributed by atoms with Crippen molar-refractivity contribution in [2.75, 3.05) is 20.7 Å². The summed E-state index contributed by atoms with van der Waals surface area (Å²) in [6.07, 6.45) is 0. The maximum Gasteiger partial charge on any atom is 0.273 e. The number of nitro benzene ring substituents is 1. The van der Waals surface area contributed by atoms with Gasteiger partial charge in [0.15, 0.2) is 6.61 Å². The maximum atomic E-state index is 12.3. The number of nitro groups is 1. The second-order valence-electron chi connectivity index (χ2n) is 5.72. The van der Waals surface area contributed by atoms with E-state index in [9.17, 15) is 23.3 Å². The van der Waals surface area contributed by atoms with Gasteiger partial charge in [-0.2, -0.15) is 0 Å². The zero-order valence-corrected chi connectivity index (χ0v) is 15.6. The summed E-state index contributed by atoms with van der Waals surface area (Å²) in [4.78, 5) is 22.2. The fourth-order valence-electron chi connectivity index (χ4n) is 2.18. The number of benzene rings is 2. The minimum Gasteiger partial charge on any atom is -0.484 e. The standard InChI is InChI=1S/C17H19N3O6S/c1-19(2)27(24,25)16-9-4-3-6-13(16)11-18-17(21)12-26-15-8-5-7-14(10-15)20(22)23/h3-10H,11-12H2,1-2H3,(H,18,21). The van der Waals surface area contributed by atoms with Gasteiger partial charge in [0.1, 0.15) is 5.75 Å². The molecule has 0 saturated carbocycles. The molecule has 2 rings (SSSR count). The Morgan fingerprint density at radius 2 is 1.89 bits per heavy atom. The van der Waals surface area contributed by atoms with Crippen molar-refractivity contribution in [3.63, 3.8) is 0 Å². The van der Waals surface area contributed by atoms with E-state index < -0.39 is 20.9 Å². The predicted molar refractivity (Wildman–Crippen MR) is 97.8 cm³/mol. The van der Waals surface area contributed by atoms with Gasteiger partial charge in [0.2, 0.25) is 10.0 Å². The highest BCUT2D eigenvalue weighted by Gasteiger charge is 2.20. The molecule has 0 atom stereocenters. The minimum atomic E-state index is -3.64. The molecule has 2 aromatic rings. The maximum absolute atomic E-state index is 12.3. The lowest BCUT2D eigenvalue weighted by Crippen LogP contribution is -2.30. The van der Waals surface area contributed by atoms with Crippen LogP contribution in [0.4, 0.5) is 5.69 Å². The summed E-state index contributed by atoms with van der Waals surface area (Å²) in [7, 11) is -0.780. The molecule has 2 aromatic carbocycles. The van der Waals surface area contributed by atoms with Gasteiger partial charge in [-0.05, 0) is 17.7 Å². The number of nitrogens with one attached hydrogen (secondary N) is 1. The molecule has 1 amide bonds. The molecule has 0 aliphatic heterocycles. The number of nitrogens with zero attached hydrogens (tertiary/aromatic N) is 2. The molecule has 0 heterocycles. The second-order valence-corrected chi connectivity index (χ2v) is 7.84. The van der Waals surface area contributed by atoms with Gasteiger partial charge in [-0.1, -0.05) is 24.3 Å². The topological polar surface area (TPSA) is 119 Å². The molecule has 0 aliphatic carbocycles. The summed E-state index contributed by atoms with van der Waals surface area (Å²) in [5.74, 6) is -0.298. The van der Waals surface area contributed by atoms with Crippen molar-refractivity contribution in [1.82, 2.24) is 9.62 Å². The van der Waals surface area contributed by atoms with Crippen LogP contribution in [0.25, 0.3) is 0 Å². The van der Waals surface area contributed by atoms with Crippen LogP contribution in [0.2, 0.25) is 0 Å². The monoisotopic (exact) mass is 393 g/mol. The van der Waals surface area contributed by atoms with Crippen LogP contribution in [0.15, 0.2) is 53.4 Å². The quantitative estimate of drug-likeness (QED) is 0.537. The van der Waals surface area contributed by atoms with Crippen LogP contribution < -0.4 is 10.1 Å². The molecule has 0 spiro atoms. The number of hydrogen-bond donors (Lipinski definition) is 1. The van der Waals surface area contributed by atoms with Gasteiger partial charge in [-0.15, -0.1) is 0 Å². The predicted octanol–water partition coefficient (Wildman–Crippen LogP) is 1.54. The van der Waals surface area contributed by atoms with Gasteiger partial charge in [-0.3, -0.25) is 14.9 Å². The Morgan fingerprint density at radius 3 is 2.56 bits per heavy atom. The molecular formula is C17H19N3O6S. The summed E-state index contributed by atoms with van der Waals surface area (Å²) >= 11 is 0. The first kappa shape index (κ1) is 20.3.